The molecule has 76 valence electrons. The fourth-order valence-corrected chi connectivity index (χ4v) is 1.28. The van der Waals surface area contributed by atoms with Crippen LogP contribution in [0.3, 0.4) is 0 Å². The van der Waals surface area contributed by atoms with Gasteiger partial charge >= 0.3 is 0 Å². The molecule has 0 aliphatic carbocycles. The summed E-state index contributed by atoms with van der Waals surface area (Å²) in [6, 6.07) is 0. The molecule has 0 saturated heterocycles. The summed E-state index contributed by atoms with van der Waals surface area (Å²) >= 11 is 5.97. The van der Waals surface area contributed by atoms with Crippen molar-refractivity contribution in [3.8, 4) is 0 Å². The summed E-state index contributed by atoms with van der Waals surface area (Å²) < 4.78 is 0. The van der Waals surface area contributed by atoms with E-state index in [1.807, 2.05) is 0 Å². The molecule has 0 spiro atoms. The molecule has 0 aromatic carbocycles. The normalized spacial score (nSPS) is 14.9. The molecule has 0 aliphatic heterocycles. The summed E-state index contributed by atoms with van der Waals surface area (Å²) in [6.45, 7) is 9.19. The predicted octanol–water partition coefficient (Wildman–Crippen LogP) is 3.15. The van der Waals surface area contributed by atoms with Gasteiger partial charge in [-0.25, -0.2) is 0 Å². The van der Waals surface area contributed by atoms with Crippen LogP contribution in [0.25, 0.3) is 0 Å². The van der Waals surface area contributed by atoms with E-state index in [9.17, 15) is 0 Å². The van der Waals surface area contributed by atoms with Gasteiger partial charge in [0, 0.05) is 19.0 Å². The van der Waals surface area contributed by atoms with E-state index in [-0.39, 0.29) is 5.41 Å². The van der Waals surface area contributed by atoms with Gasteiger partial charge in [-0.3, -0.25) is 9.98 Å². The number of nitrogens with zero attached hydrogens (tertiary/aromatic N) is 2. The molecule has 0 radical (unpaired) electrons. The summed E-state index contributed by atoms with van der Waals surface area (Å²) in [5.41, 5.74) is 0.879. The number of hydrogen-bond donors (Lipinski definition) is 0. The van der Waals surface area contributed by atoms with Gasteiger partial charge in [0.1, 0.15) is 5.17 Å². The van der Waals surface area contributed by atoms with Crippen molar-refractivity contribution in [3.05, 3.63) is 0 Å². The van der Waals surface area contributed by atoms with Crippen LogP contribution in [0.1, 0.15) is 34.1 Å². The molecule has 0 unspecified atom stereocenters. The summed E-state index contributed by atoms with van der Waals surface area (Å²) in [5, 5.41) is 0.529. The van der Waals surface area contributed by atoms with Crippen molar-refractivity contribution < 1.29 is 0 Å². The molecule has 0 atom stereocenters. The second kappa shape index (κ2) is 5.38. The highest BCUT2D eigenvalue weighted by molar-refractivity contribution is 6.84. The Morgan fingerprint density at radius 1 is 1.31 bits per heavy atom. The third-order valence-electron chi connectivity index (χ3n) is 1.60. The highest BCUT2D eigenvalue weighted by Gasteiger charge is 2.21. The minimum absolute atomic E-state index is 0.0221. The Bertz CT molecular complexity index is 211. The molecule has 0 bridgehead atoms. The van der Waals surface area contributed by atoms with Crippen molar-refractivity contribution in [1.82, 2.24) is 0 Å². The van der Waals surface area contributed by atoms with E-state index in [1.54, 1.807) is 7.05 Å². The largest absolute Gasteiger partial charge is 0.286 e. The molecule has 0 N–H and O–H groups in total. The van der Waals surface area contributed by atoms with E-state index in [1.165, 1.54) is 0 Å². The zero-order valence-electron chi connectivity index (χ0n) is 9.19. The van der Waals surface area contributed by atoms with E-state index >= 15 is 0 Å². The second-order valence-corrected chi connectivity index (χ2v) is 4.35. The molecule has 0 fully saturated rings. The molecule has 0 aromatic heterocycles. The van der Waals surface area contributed by atoms with Crippen LogP contribution < -0.4 is 0 Å². The molecule has 3 heteroatoms. The van der Waals surface area contributed by atoms with Crippen molar-refractivity contribution in [2.24, 2.45) is 15.4 Å². The van der Waals surface area contributed by atoms with Gasteiger partial charge in [-0.05, 0) is 6.42 Å². The Labute approximate surface area is 86.1 Å². The Balaban J connectivity index is 4.77. The van der Waals surface area contributed by atoms with Gasteiger partial charge in [-0.1, -0.05) is 39.3 Å². The minimum atomic E-state index is -0.0221. The smallest absolute Gasteiger partial charge is 0.145 e. The van der Waals surface area contributed by atoms with Crippen LogP contribution in [0, 0.1) is 5.41 Å². The first-order valence-electron chi connectivity index (χ1n) is 4.61. The lowest BCUT2D eigenvalue weighted by Gasteiger charge is -2.20. The first-order chi connectivity index (χ1) is 5.93. The third kappa shape index (κ3) is 4.41. The van der Waals surface area contributed by atoms with E-state index < -0.39 is 0 Å². The van der Waals surface area contributed by atoms with Crippen LogP contribution in [0.4, 0.5) is 0 Å². The molecule has 0 heterocycles. The summed E-state index contributed by atoms with van der Waals surface area (Å²) in [7, 11) is 1.69. The van der Waals surface area contributed by atoms with Gasteiger partial charge in [-0.15, -0.1) is 0 Å². The van der Waals surface area contributed by atoms with Crippen molar-refractivity contribution in [3.63, 3.8) is 0 Å². The number of hydrogen-bond acceptors (Lipinski definition) is 2. The van der Waals surface area contributed by atoms with Gasteiger partial charge in [0.25, 0.3) is 0 Å². The van der Waals surface area contributed by atoms with Gasteiger partial charge in [-0.2, -0.15) is 0 Å². The van der Waals surface area contributed by atoms with Gasteiger partial charge in [0.15, 0.2) is 0 Å². The zero-order valence-corrected chi connectivity index (χ0v) is 9.94. The average molecular weight is 203 g/mol. The number of rotatable bonds is 3. The third-order valence-corrected chi connectivity index (χ3v) is 1.94. The van der Waals surface area contributed by atoms with Crippen molar-refractivity contribution >= 4 is 22.5 Å². The minimum Gasteiger partial charge on any atom is -0.286 e. The second-order valence-electron chi connectivity index (χ2n) is 3.99. The lowest BCUT2D eigenvalue weighted by Crippen LogP contribution is -2.26. The molecule has 0 aromatic rings. The maximum Gasteiger partial charge on any atom is 0.145 e. The Hall–Kier alpha value is -0.370. The van der Waals surface area contributed by atoms with Gasteiger partial charge in [0.2, 0.25) is 0 Å². The number of aliphatic imine (C=N–C) groups is 2. The summed E-state index contributed by atoms with van der Waals surface area (Å²) in [5.74, 6) is 0. The van der Waals surface area contributed by atoms with Crippen molar-refractivity contribution in [1.29, 1.82) is 0 Å². The standard InChI is InChI=1S/C10H19ClN2/c1-6-7-13-8(9(11)12-5)10(2,3)4/h6-7H2,1-5H3/b12-9+,13-8+. The lowest BCUT2D eigenvalue weighted by molar-refractivity contribution is 0.594. The monoisotopic (exact) mass is 202 g/mol. The van der Waals surface area contributed by atoms with E-state index in [2.05, 4.69) is 37.7 Å². The lowest BCUT2D eigenvalue weighted by atomic mass is 9.90. The fraction of sp³-hybridized carbons (Fsp3) is 0.800. The van der Waals surface area contributed by atoms with Crippen LogP contribution in [0.5, 0.6) is 0 Å². The van der Waals surface area contributed by atoms with Crippen LogP contribution in [-0.4, -0.2) is 24.5 Å². The van der Waals surface area contributed by atoms with Crippen LogP contribution >= 0.6 is 11.6 Å². The highest BCUT2D eigenvalue weighted by Crippen LogP contribution is 2.18. The molecular formula is C10H19ClN2. The molecule has 0 rings (SSSR count). The number of halogens is 1. The topological polar surface area (TPSA) is 24.7 Å². The molecule has 0 amide bonds. The van der Waals surface area contributed by atoms with E-state index in [4.69, 9.17) is 11.6 Å². The van der Waals surface area contributed by atoms with Gasteiger partial charge in [0.05, 0.1) is 5.71 Å². The molecule has 2 nitrogen and oxygen atoms in total. The summed E-state index contributed by atoms with van der Waals surface area (Å²) in [4.78, 5) is 8.40. The molecule has 0 aliphatic rings. The summed E-state index contributed by atoms with van der Waals surface area (Å²) in [6.07, 6.45) is 1.04. The maximum atomic E-state index is 5.97. The quantitative estimate of drug-likeness (QED) is 0.629. The Kier molecular flexibility index (Phi) is 5.23. The van der Waals surface area contributed by atoms with Crippen LogP contribution in [-0.2, 0) is 0 Å². The first kappa shape index (κ1) is 12.6. The van der Waals surface area contributed by atoms with Crippen molar-refractivity contribution in [2.45, 2.75) is 34.1 Å². The SMILES string of the molecule is CCC/N=C(\C(Cl)=N/C)C(C)(C)C. The molecule has 0 saturated carbocycles. The average Bonchev–Trinajstić information content (AvgIpc) is 2.02. The van der Waals surface area contributed by atoms with E-state index in [0.29, 0.717) is 5.17 Å². The highest BCUT2D eigenvalue weighted by atomic mass is 35.5. The van der Waals surface area contributed by atoms with E-state index in [0.717, 1.165) is 18.7 Å². The fourth-order valence-electron chi connectivity index (χ4n) is 0.941. The predicted molar refractivity (Wildman–Crippen MR) is 61.3 cm³/mol. The van der Waals surface area contributed by atoms with Crippen LogP contribution in [0.2, 0.25) is 0 Å². The first-order valence-corrected chi connectivity index (χ1v) is 4.98. The molecular weight excluding hydrogens is 184 g/mol. The van der Waals surface area contributed by atoms with Crippen molar-refractivity contribution in [2.75, 3.05) is 13.6 Å². The van der Waals surface area contributed by atoms with Crippen LogP contribution in [0.15, 0.2) is 9.98 Å². The Morgan fingerprint density at radius 2 is 1.85 bits per heavy atom. The zero-order chi connectivity index (χ0) is 10.5. The van der Waals surface area contributed by atoms with Gasteiger partial charge < -0.3 is 0 Å². The Morgan fingerprint density at radius 3 is 2.15 bits per heavy atom. The molecule has 13 heavy (non-hydrogen) atoms. The maximum absolute atomic E-state index is 5.97.